The van der Waals surface area contributed by atoms with E-state index < -0.39 is 28.1 Å². The smallest absolute Gasteiger partial charge is 0.406 e. The Balaban J connectivity index is 1.53. The third-order valence-electron chi connectivity index (χ3n) is 6.01. The molecule has 0 fully saturated rings. The number of nitrogens with zero attached hydrogens (tertiary/aromatic N) is 2. The molecule has 0 amide bonds. The van der Waals surface area contributed by atoms with Crippen LogP contribution in [0.25, 0.3) is 0 Å². The fourth-order valence-corrected chi connectivity index (χ4v) is 6.07. The summed E-state index contributed by atoms with van der Waals surface area (Å²) in [5, 5.41) is 11.0. The van der Waals surface area contributed by atoms with E-state index in [2.05, 4.69) is 30.9 Å². The maximum atomic E-state index is 13.7. The zero-order valence-electron chi connectivity index (χ0n) is 20.4. The summed E-state index contributed by atoms with van der Waals surface area (Å²) in [5.41, 5.74) is 4.40. The van der Waals surface area contributed by atoms with Gasteiger partial charge >= 0.3 is 6.36 Å². The fraction of sp³-hybridized carbons (Fsp3) is 0.333. The van der Waals surface area contributed by atoms with Crippen LogP contribution in [-0.2, 0) is 22.8 Å². The molecule has 10 heteroatoms. The zero-order chi connectivity index (χ0) is 26.5. The Morgan fingerprint density at radius 3 is 2.11 bits per heavy atom. The molecule has 198 valence electrons. The Morgan fingerprint density at radius 1 is 1.00 bits per heavy atom. The van der Waals surface area contributed by atoms with Crippen molar-refractivity contribution in [2.45, 2.75) is 43.5 Å². The molecule has 0 aliphatic carbocycles. The highest BCUT2D eigenvalue weighted by molar-refractivity contribution is 7.91. The maximum Gasteiger partial charge on any atom is 0.573 e. The number of para-hydroxylation sites is 2. The first kappa shape index (κ1) is 27.0. The number of aliphatic hydroxyl groups excluding tert-OH is 1. The van der Waals surface area contributed by atoms with Gasteiger partial charge in [0, 0.05) is 24.5 Å². The van der Waals surface area contributed by atoms with Crippen molar-refractivity contribution in [3.05, 3.63) is 83.9 Å². The van der Waals surface area contributed by atoms with Crippen LogP contribution in [0.3, 0.4) is 0 Å². The van der Waals surface area contributed by atoms with Gasteiger partial charge in [0.1, 0.15) is 15.7 Å². The van der Waals surface area contributed by atoms with Crippen molar-refractivity contribution in [2.75, 3.05) is 24.5 Å². The molecule has 0 saturated heterocycles. The molecular weight excluding hydrogens is 503 g/mol. The van der Waals surface area contributed by atoms with E-state index in [9.17, 15) is 22.5 Å². The Kier molecular flexibility index (Phi) is 8.41. The van der Waals surface area contributed by atoms with Crippen molar-refractivity contribution >= 4 is 21.3 Å². The SMILES string of the molecule is CCCN=[S@](=O)(NC[C@H](O)CN1c2ccccc2CCc2ccccc21)c1ccc(OC(F)(F)F)cc1. The second kappa shape index (κ2) is 11.5. The summed E-state index contributed by atoms with van der Waals surface area (Å²) in [5.74, 6) is -0.410. The molecule has 2 N–H and O–H groups in total. The van der Waals surface area contributed by atoms with Gasteiger partial charge in [-0.2, -0.15) is 0 Å². The lowest BCUT2D eigenvalue weighted by atomic mass is 10.0. The van der Waals surface area contributed by atoms with E-state index in [0.29, 0.717) is 6.42 Å². The number of aryl methyl sites for hydroxylation is 2. The second-order valence-electron chi connectivity index (χ2n) is 8.77. The molecule has 0 spiro atoms. The first-order chi connectivity index (χ1) is 17.7. The van der Waals surface area contributed by atoms with Gasteiger partial charge in [-0.1, -0.05) is 43.3 Å². The van der Waals surface area contributed by atoms with Gasteiger partial charge in [-0.25, -0.2) is 13.3 Å². The lowest BCUT2D eigenvalue weighted by Crippen LogP contribution is -2.39. The molecule has 3 aromatic carbocycles. The first-order valence-electron chi connectivity index (χ1n) is 12.1. The van der Waals surface area contributed by atoms with Gasteiger partial charge in [0.25, 0.3) is 0 Å². The molecule has 1 aliphatic rings. The Morgan fingerprint density at radius 2 is 1.57 bits per heavy atom. The molecule has 2 atom stereocenters. The van der Waals surface area contributed by atoms with Crippen LogP contribution in [0.5, 0.6) is 5.75 Å². The Bertz CT molecular complexity index is 1270. The molecule has 1 heterocycles. The molecule has 0 unspecified atom stereocenters. The minimum atomic E-state index is -4.82. The Labute approximate surface area is 215 Å². The number of hydrogen-bond donors (Lipinski definition) is 2. The van der Waals surface area contributed by atoms with E-state index in [1.165, 1.54) is 23.3 Å². The van der Waals surface area contributed by atoms with Gasteiger partial charge in [-0.05, 0) is 66.8 Å². The fourth-order valence-electron chi connectivity index (χ4n) is 4.30. The largest absolute Gasteiger partial charge is 0.573 e. The zero-order valence-corrected chi connectivity index (χ0v) is 21.3. The quantitative estimate of drug-likeness (QED) is 0.374. The lowest BCUT2D eigenvalue weighted by Gasteiger charge is -2.29. The van der Waals surface area contributed by atoms with E-state index in [1.54, 1.807) is 0 Å². The molecule has 0 radical (unpaired) electrons. The number of hydrogen-bond acceptors (Lipinski definition) is 5. The van der Waals surface area contributed by atoms with Gasteiger partial charge < -0.3 is 14.7 Å². The van der Waals surface area contributed by atoms with Crippen molar-refractivity contribution in [3.8, 4) is 5.75 Å². The molecule has 0 aromatic heterocycles. The molecule has 37 heavy (non-hydrogen) atoms. The molecule has 4 rings (SSSR count). The number of rotatable bonds is 9. The summed E-state index contributed by atoms with van der Waals surface area (Å²) in [6.07, 6.45) is -3.32. The van der Waals surface area contributed by atoms with E-state index in [4.69, 9.17) is 0 Å². The Hall–Kier alpha value is -3.08. The van der Waals surface area contributed by atoms with E-state index in [0.717, 1.165) is 36.3 Å². The van der Waals surface area contributed by atoms with Crippen molar-refractivity contribution < 1.29 is 27.2 Å². The van der Waals surface area contributed by atoms with Crippen molar-refractivity contribution in [3.63, 3.8) is 0 Å². The first-order valence-corrected chi connectivity index (χ1v) is 13.6. The summed E-state index contributed by atoms with van der Waals surface area (Å²) >= 11 is 0. The predicted octanol–water partition coefficient (Wildman–Crippen LogP) is 5.62. The summed E-state index contributed by atoms with van der Waals surface area (Å²) in [6.45, 7) is 2.39. The topological polar surface area (TPSA) is 74.2 Å². The number of anilines is 2. The van der Waals surface area contributed by atoms with Gasteiger partial charge in [-0.15, -0.1) is 13.2 Å². The van der Waals surface area contributed by atoms with Crippen LogP contribution < -0.4 is 14.4 Å². The van der Waals surface area contributed by atoms with Crippen LogP contribution in [0.2, 0.25) is 0 Å². The number of β-amino-alcohol motifs (C(OH)–C–C–N with tert-alkyl or cyclic N) is 1. The number of aliphatic hydroxyl groups is 1. The summed E-state index contributed by atoms with van der Waals surface area (Å²) in [4.78, 5) is 2.30. The highest BCUT2D eigenvalue weighted by Gasteiger charge is 2.31. The van der Waals surface area contributed by atoms with Gasteiger partial charge in [0.15, 0.2) is 0 Å². The highest BCUT2D eigenvalue weighted by Crippen LogP contribution is 2.36. The van der Waals surface area contributed by atoms with Crippen molar-refractivity contribution in [2.24, 2.45) is 4.36 Å². The molecule has 6 nitrogen and oxygen atoms in total. The molecular formula is C27H30F3N3O3S. The van der Waals surface area contributed by atoms with Crippen LogP contribution in [0.1, 0.15) is 24.5 Å². The van der Waals surface area contributed by atoms with E-state index >= 15 is 0 Å². The summed E-state index contributed by atoms with van der Waals surface area (Å²) in [7, 11) is -3.19. The van der Waals surface area contributed by atoms with Crippen LogP contribution >= 0.6 is 0 Å². The average Bonchev–Trinajstić information content (AvgIpc) is 3.03. The molecule has 0 saturated carbocycles. The third kappa shape index (κ3) is 6.82. The number of fused-ring (bicyclic) bond motifs is 2. The molecule has 0 bridgehead atoms. The van der Waals surface area contributed by atoms with Gasteiger partial charge in [-0.3, -0.25) is 0 Å². The minimum absolute atomic E-state index is 0.0340. The number of ether oxygens (including phenoxy) is 1. The second-order valence-corrected chi connectivity index (χ2v) is 10.8. The third-order valence-corrected chi connectivity index (χ3v) is 8.03. The maximum absolute atomic E-state index is 13.7. The normalized spacial score (nSPS) is 15.6. The average molecular weight is 534 g/mol. The summed E-state index contributed by atoms with van der Waals surface area (Å²) in [6, 6.07) is 21.0. The van der Waals surface area contributed by atoms with Crippen LogP contribution in [0.15, 0.2) is 82.1 Å². The molecule has 3 aromatic rings. The van der Waals surface area contributed by atoms with Crippen LogP contribution in [0, 0.1) is 0 Å². The standard InChI is InChI=1S/C27H30F3N3O3S/c1-2-17-31-37(35,24-15-13-23(14-16-24)36-27(28,29)30)32-18-22(34)19-33-25-9-5-3-7-20(25)11-12-21-8-4-6-10-26(21)33/h3-10,13-16,22,34H,2,11-12,17-19H2,1H3,(H,31,32,35)/t22-,37-/m0/s1. The van der Waals surface area contributed by atoms with Crippen LogP contribution in [-0.4, -0.2) is 41.4 Å². The van der Waals surface area contributed by atoms with Crippen LogP contribution in [0.4, 0.5) is 24.5 Å². The monoisotopic (exact) mass is 533 g/mol. The summed E-state index contributed by atoms with van der Waals surface area (Å²) < 4.78 is 62.4. The number of halogens is 3. The van der Waals surface area contributed by atoms with Gasteiger partial charge in [0.05, 0.1) is 17.5 Å². The van der Waals surface area contributed by atoms with E-state index in [-0.39, 0.29) is 24.5 Å². The van der Waals surface area contributed by atoms with E-state index in [1.807, 2.05) is 43.3 Å². The van der Waals surface area contributed by atoms with Crippen molar-refractivity contribution in [1.82, 2.24) is 4.72 Å². The van der Waals surface area contributed by atoms with Gasteiger partial charge in [0.2, 0.25) is 0 Å². The van der Waals surface area contributed by atoms with Crippen molar-refractivity contribution in [1.29, 1.82) is 0 Å². The lowest BCUT2D eigenvalue weighted by molar-refractivity contribution is -0.274. The molecule has 1 aliphatic heterocycles. The highest BCUT2D eigenvalue weighted by atomic mass is 32.2. The number of alkyl halides is 3. The number of nitrogens with one attached hydrogen (secondary N) is 1. The predicted molar refractivity (Wildman–Crippen MR) is 138 cm³/mol. The minimum Gasteiger partial charge on any atom is -0.406 e. The number of benzene rings is 3.